The number of nitrogens with one attached hydrogen (secondary N) is 1. The van der Waals surface area contributed by atoms with Crippen molar-refractivity contribution in [1.82, 2.24) is 10.2 Å². The summed E-state index contributed by atoms with van der Waals surface area (Å²) in [5.41, 5.74) is 3.46. The van der Waals surface area contributed by atoms with Gasteiger partial charge in [0.25, 0.3) is 0 Å². The van der Waals surface area contributed by atoms with Crippen LogP contribution in [-0.2, 0) is 13.0 Å². The Labute approximate surface area is 148 Å². The van der Waals surface area contributed by atoms with E-state index < -0.39 is 0 Å². The number of aliphatic hydroxyl groups excluding tert-OH is 1. The van der Waals surface area contributed by atoms with Crippen LogP contribution in [0.5, 0.6) is 5.75 Å². The van der Waals surface area contributed by atoms with Gasteiger partial charge in [0.2, 0.25) is 0 Å². The molecular formula is C20H24N2O3. The van der Waals surface area contributed by atoms with E-state index in [1.807, 2.05) is 43.4 Å². The fourth-order valence-corrected chi connectivity index (χ4v) is 3.32. The predicted octanol–water partition coefficient (Wildman–Crippen LogP) is 2.89. The minimum absolute atomic E-state index is 0.0372. The van der Waals surface area contributed by atoms with E-state index in [9.17, 15) is 4.79 Å². The molecule has 1 atom stereocenters. The van der Waals surface area contributed by atoms with Crippen LogP contribution in [-0.4, -0.2) is 36.3 Å². The first-order valence-corrected chi connectivity index (χ1v) is 8.60. The van der Waals surface area contributed by atoms with Crippen LogP contribution in [0, 0.1) is 0 Å². The number of carbonyl (C=O) groups is 1. The van der Waals surface area contributed by atoms with Gasteiger partial charge in [-0.25, -0.2) is 4.79 Å². The highest BCUT2D eigenvalue weighted by Gasteiger charge is 2.28. The average molecular weight is 340 g/mol. The molecule has 0 aliphatic heterocycles. The van der Waals surface area contributed by atoms with Gasteiger partial charge in [0.15, 0.2) is 0 Å². The normalized spacial score (nSPS) is 15.5. The molecular weight excluding hydrogens is 316 g/mol. The van der Waals surface area contributed by atoms with Crippen molar-refractivity contribution in [2.24, 2.45) is 0 Å². The molecule has 1 aliphatic carbocycles. The Balaban J connectivity index is 1.62. The molecule has 5 nitrogen and oxygen atoms in total. The molecule has 2 aromatic rings. The molecule has 0 saturated carbocycles. The van der Waals surface area contributed by atoms with Crippen molar-refractivity contribution in [3.8, 4) is 5.75 Å². The van der Waals surface area contributed by atoms with Crippen molar-refractivity contribution in [2.45, 2.75) is 25.4 Å². The molecule has 1 aliphatic rings. The third-order valence-electron chi connectivity index (χ3n) is 4.64. The summed E-state index contributed by atoms with van der Waals surface area (Å²) < 4.78 is 5.51. The second-order valence-corrected chi connectivity index (χ2v) is 6.20. The van der Waals surface area contributed by atoms with Gasteiger partial charge in [0, 0.05) is 19.2 Å². The highest BCUT2D eigenvalue weighted by atomic mass is 16.5. The number of aryl methyl sites for hydroxylation is 1. The molecule has 0 fully saturated rings. The van der Waals surface area contributed by atoms with Crippen LogP contribution in [0.2, 0.25) is 0 Å². The summed E-state index contributed by atoms with van der Waals surface area (Å²) in [7, 11) is 1.84. The number of ether oxygens (including phenoxy) is 1. The van der Waals surface area contributed by atoms with Gasteiger partial charge < -0.3 is 20.1 Å². The van der Waals surface area contributed by atoms with E-state index in [0.29, 0.717) is 12.3 Å². The smallest absolute Gasteiger partial charge is 0.317 e. The number of benzene rings is 2. The summed E-state index contributed by atoms with van der Waals surface area (Å²) in [6.07, 6.45) is 1.97. The highest BCUT2D eigenvalue weighted by molar-refractivity contribution is 5.74. The molecule has 1 unspecified atom stereocenters. The largest absolute Gasteiger partial charge is 0.491 e. The third-order valence-corrected chi connectivity index (χ3v) is 4.64. The number of fused-ring (bicyclic) bond motifs is 1. The number of nitrogens with zero attached hydrogens (tertiary/aromatic N) is 1. The van der Waals surface area contributed by atoms with Crippen LogP contribution < -0.4 is 10.1 Å². The summed E-state index contributed by atoms with van der Waals surface area (Å²) in [5.74, 6) is 0.686. The zero-order chi connectivity index (χ0) is 17.6. The molecule has 2 aromatic carbocycles. The number of hydrogen-bond donors (Lipinski definition) is 2. The topological polar surface area (TPSA) is 61.8 Å². The minimum Gasteiger partial charge on any atom is -0.491 e. The monoisotopic (exact) mass is 340 g/mol. The van der Waals surface area contributed by atoms with Crippen molar-refractivity contribution < 1.29 is 14.6 Å². The van der Waals surface area contributed by atoms with Gasteiger partial charge >= 0.3 is 6.03 Å². The molecule has 25 heavy (non-hydrogen) atoms. The Morgan fingerprint density at radius 3 is 2.84 bits per heavy atom. The zero-order valence-electron chi connectivity index (χ0n) is 14.4. The molecule has 5 heteroatoms. The lowest BCUT2D eigenvalue weighted by Crippen LogP contribution is -2.38. The van der Waals surface area contributed by atoms with Gasteiger partial charge in [-0.2, -0.15) is 0 Å². The van der Waals surface area contributed by atoms with Crippen molar-refractivity contribution in [3.63, 3.8) is 0 Å². The first-order valence-electron chi connectivity index (χ1n) is 8.60. The molecule has 0 radical (unpaired) electrons. The number of aliphatic hydroxyl groups is 1. The SMILES string of the molecule is CN(C(=O)NCc1ccccc1OCCO)C1CCc2ccccc21. The number of para-hydroxylation sites is 1. The molecule has 0 saturated heterocycles. The third kappa shape index (κ3) is 3.94. The molecule has 0 spiro atoms. The van der Waals surface area contributed by atoms with Crippen molar-refractivity contribution in [1.29, 1.82) is 0 Å². The standard InChI is InChI=1S/C20H24N2O3/c1-22(18-11-10-15-6-2-4-8-17(15)18)20(24)21-14-16-7-3-5-9-19(16)25-13-12-23/h2-9,18,23H,10-14H2,1H3,(H,21,24). The first-order chi connectivity index (χ1) is 12.2. The van der Waals surface area contributed by atoms with E-state index >= 15 is 0 Å². The Kier molecular flexibility index (Phi) is 5.56. The lowest BCUT2D eigenvalue weighted by molar-refractivity contribution is 0.188. The predicted molar refractivity (Wildman–Crippen MR) is 96.5 cm³/mol. The Hall–Kier alpha value is -2.53. The van der Waals surface area contributed by atoms with Crippen molar-refractivity contribution in [2.75, 3.05) is 20.3 Å². The summed E-state index contributed by atoms with van der Waals surface area (Å²) in [6.45, 7) is 0.591. The van der Waals surface area contributed by atoms with E-state index in [-0.39, 0.29) is 25.3 Å². The second-order valence-electron chi connectivity index (χ2n) is 6.20. The number of amides is 2. The van der Waals surface area contributed by atoms with Crippen LogP contribution in [0.4, 0.5) is 4.79 Å². The Morgan fingerprint density at radius 2 is 2.00 bits per heavy atom. The van der Waals surface area contributed by atoms with Crippen molar-refractivity contribution in [3.05, 3.63) is 65.2 Å². The second kappa shape index (κ2) is 8.03. The maximum absolute atomic E-state index is 12.6. The molecule has 132 valence electrons. The van der Waals surface area contributed by atoms with Gasteiger partial charge in [-0.05, 0) is 30.0 Å². The molecule has 3 rings (SSSR count). The van der Waals surface area contributed by atoms with Crippen LogP contribution >= 0.6 is 0 Å². The lowest BCUT2D eigenvalue weighted by Gasteiger charge is -2.26. The molecule has 0 heterocycles. The first kappa shape index (κ1) is 17.3. The number of rotatable bonds is 6. The summed E-state index contributed by atoms with van der Waals surface area (Å²) in [4.78, 5) is 14.4. The maximum Gasteiger partial charge on any atom is 0.317 e. The maximum atomic E-state index is 12.6. The fraction of sp³-hybridized carbons (Fsp3) is 0.350. The van der Waals surface area contributed by atoms with E-state index in [2.05, 4.69) is 17.4 Å². The highest BCUT2D eigenvalue weighted by Crippen LogP contribution is 2.34. The van der Waals surface area contributed by atoms with Crippen LogP contribution in [0.3, 0.4) is 0 Å². The molecule has 2 amide bonds. The van der Waals surface area contributed by atoms with E-state index in [1.54, 1.807) is 4.90 Å². The van der Waals surface area contributed by atoms with Crippen molar-refractivity contribution >= 4 is 6.03 Å². The van der Waals surface area contributed by atoms with Crippen LogP contribution in [0.25, 0.3) is 0 Å². The van der Waals surface area contributed by atoms with Gasteiger partial charge in [0.05, 0.1) is 12.6 Å². The van der Waals surface area contributed by atoms with Crippen LogP contribution in [0.15, 0.2) is 48.5 Å². The van der Waals surface area contributed by atoms with Gasteiger partial charge in [0.1, 0.15) is 12.4 Å². The lowest BCUT2D eigenvalue weighted by atomic mass is 10.1. The number of urea groups is 1. The molecule has 2 N–H and O–H groups in total. The van der Waals surface area contributed by atoms with E-state index in [0.717, 1.165) is 18.4 Å². The molecule has 0 bridgehead atoms. The quantitative estimate of drug-likeness (QED) is 0.850. The van der Waals surface area contributed by atoms with E-state index in [4.69, 9.17) is 9.84 Å². The Bertz CT molecular complexity index is 732. The summed E-state index contributed by atoms with van der Waals surface area (Å²) >= 11 is 0. The summed E-state index contributed by atoms with van der Waals surface area (Å²) in [6, 6.07) is 15.9. The van der Waals surface area contributed by atoms with E-state index in [1.165, 1.54) is 11.1 Å². The minimum atomic E-state index is -0.0985. The fourth-order valence-electron chi connectivity index (χ4n) is 3.32. The number of hydrogen-bond acceptors (Lipinski definition) is 3. The van der Waals surface area contributed by atoms with Gasteiger partial charge in [-0.1, -0.05) is 42.5 Å². The zero-order valence-corrected chi connectivity index (χ0v) is 14.4. The van der Waals surface area contributed by atoms with Gasteiger partial charge in [-0.15, -0.1) is 0 Å². The van der Waals surface area contributed by atoms with Crippen LogP contribution in [0.1, 0.15) is 29.2 Å². The Morgan fingerprint density at radius 1 is 1.24 bits per heavy atom. The number of carbonyl (C=O) groups excluding carboxylic acids is 1. The molecule has 0 aromatic heterocycles. The average Bonchev–Trinajstić information content (AvgIpc) is 3.08. The van der Waals surface area contributed by atoms with Gasteiger partial charge in [-0.3, -0.25) is 0 Å². The summed E-state index contributed by atoms with van der Waals surface area (Å²) in [5, 5.41) is 11.9.